The van der Waals surface area contributed by atoms with Crippen LogP contribution in [0.1, 0.15) is 10.4 Å². The lowest BCUT2D eigenvalue weighted by Gasteiger charge is -2.05. The monoisotopic (exact) mass is 276 g/mol. The van der Waals surface area contributed by atoms with E-state index >= 15 is 0 Å². The zero-order chi connectivity index (χ0) is 11.4. The van der Waals surface area contributed by atoms with Crippen LogP contribution in [0.5, 0.6) is 0 Å². The fraction of sp³-hybridized carbons (Fsp3) is 0. The van der Waals surface area contributed by atoms with Crippen molar-refractivity contribution in [3.63, 3.8) is 0 Å². The van der Waals surface area contributed by atoms with E-state index in [2.05, 4.69) is 26.2 Å². The number of benzene rings is 1. The molecule has 16 heavy (non-hydrogen) atoms. The van der Waals surface area contributed by atoms with Crippen LogP contribution in [0, 0.1) is 0 Å². The Hall–Kier alpha value is -1.68. The van der Waals surface area contributed by atoms with E-state index in [0.29, 0.717) is 10.0 Å². The molecule has 2 rings (SSSR count). The molecule has 1 N–H and O–H groups in total. The fourth-order valence-corrected chi connectivity index (χ4v) is 1.71. The van der Waals surface area contributed by atoms with Gasteiger partial charge in [0.25, 0.3) is 5.91 Å². The molecule has 0 radical (unpaired) electrons. The Bertz CT molecular complexity index is 499. The maximum atomic E-state index is 11.9. The third-order valence-electron chi connectivity index (χ3n) is 2.05. The maximum Gasteiger partial charge on any atom is 0.256 e. The molecular weight excluding hydrogens is 268 g/mol. The van der Waals surface area contributed by atoms with Crippen molar-refractivity contribution in [2.45, 2.75) is 0 Å². The lowest BCUT2D eigenvalue weighted by molar-refractivity contribution is 0.102. The van der Waals surface area contributed by atoms with E-state index in [9.17, 15) is 4.79 Å². The predicted molar refractivity (Wildman–Crippen MR) is 66.3 cm³/mol. The predicted octanol–water partition coefficient (Wildman–Crippen LogP) is 3.10. The average Bonchev–Trinajstić information content (AvgIpc) is 2.31. The minimum atomic E-state index is -0.152. The smallest absolute Gasteiger partial charge is 0.256 e. The molecule has 0 bridgehead atoms. The molecule has 0 aliphatic heterocycles. The Kier molecular flexibility index (Phi) is 3.31. The molecule has 0 saturated carbocycles. The van der Waals surface area contributed by atoms with Gasteiger partial charge in [-0.25, -0.2) is 0 Å². The Morgan fingerprint density at radius 1 is 1.19 bits per heavy atom. The van der Waals surface area contributed by atoms with Crippen molar-refractivity contribution in [2.24, 2.45) is 0 Å². The third-order valence-corrected chi connectivity index (χ3v) is 2.68. The lowest BCUT2D eigenvalue weighted by Crippen LogP contribution is -2.12. The molecule has 0 spiro atoms. The summed E-state index contributed by atoms with van der Waals surface area (Å²) in [5, 5.41) is 2.80. The maximum absolute atomic E-state index is 11.9. The van der Waals surface area contributed by atoms with E-state index in [0.717, 1.165) is 5.69 Å². The first-order valence-electron chi connectivity index (χ1n) is 4.73. The third kappa shape index (κ3) is 2.46. The number of carbonyl (C=O) groups excluding carboxylic acids is 1. The first-order valence-corrected chi connectivity index (χ1v) is 5.52. The number of hydrogen-bond acceptors (Lipinski definition) is 2. The van der Waals surface area contributed by atoms with Gasteiger partial charge in [0.05, 0.1) is 5.56 Å². The Labute approximate surface area is 102 Å². The van der Waals surface area contributed by atoms with Crippen molar-refractivity contribution in [1.82, 2.24) is 4.98 Å². The molecule has 4 heteroatoms. The minimum Gasteiger partial charge on any atom is -0.322 e. The summed E-state index contributed by atoms with van der Waals surface area (Å²) in [6, 6.07) is 11.0. The molecule has 1 amide bonds. The second kappa shape index (κ2) is 4.90. The molecule has 1 aromatic heterocycles. The van der Waals surface area contributed by atoms with Gasteiger partial charge in [0, 0.05) is 22.6 Å². The number of nitrogens with one attached hydrogen (secondary N) is 1. The number of aromatic nitrogens is 1. The van der Waals surface area contributed by atoms with Crippen molar-refractivity contribution < 1.29 is 4.79 Å². The van der Waals surface area contributed by atoms with Crippen molar-refractivity contribution >= 4 is 27.5 Å². The minimum absolute atomic E-state index is 0.152. The molecule has 2 aromatic rings. The highest BCUT2D eigenvalue weighted by Gasteiger charge is 2.09. The highest BCUT2D eigenvalue weighted by Crippen LogP contribution is 2.16. The summed E-state index contributed by atoms with van der Waals surface area (Å²) in [5.41, 5.74) is 1.34. The van der Waals surface area contributed by atoms with Gasteiger partial charge in [-0.3, -0.25) is 9.78 Å². The second-order valence-electron chi connectivity index (χ2n) is 3.18. The number of hydrogen-bond donors (Lipinski definition) is 1. The van der Waals surface area contributed by atoms with Crippen LogP contribution in [0.15, 0.2) is 53.3 Å². The van der Waals surface area contributed by atoms with Gasteiger partial charge in [-0.2, -0.15) is 0 Å². The van der Waals surface area contributed by atoms with Crippen LogP contribution >= 0.6 is 15.9 Å². The van der Waals surface area contributed by atoms with Crippen LogP contribution < -0.4 is 5.32 Å². The van der Waals surface area contributed by atoms with Crippen LogP contribution in [0.2, 0.25) is 0 Å². The normalized spacial score (nSPS) is 9.81. The van der Waals surface area contributed by atoms with Gasteiger partial charge in [-0.1, -0.05) is 18.2 Å². The van der Waals surface area contributed by atoms with E-state index in [1.54, 1.807) is 18.5 Å². The van der Waals surface area contributed by atoms with Gasteiger partial charge < -0.3 is 5.32 Å². The molecule has 1 aromatic carbocycles. The quantitative estimate of drug-likeness (QED) is 0.916. The second-order valence-corrected chi connectivity index (χ2v) is 4.03. The Morgan fingerprint density at radius 2 is 1.94 bits per heavy atom. The van der Waals surface area contributed by atoms with Crippen molar-refractivity contribution in [3.8, 4) is 0 Å². The highest BCUT2D eigenvalue weighted by molar-refractivity contribution is 9.10. The largest absolute Gasteiger partial charge is 0.322 e. The summed E-state index contributed by atoms with van der Waals surface area (Å²) in [6.07, 6.45) is 3.19. The van der Waals surface area contributed by atoms with Crippen molar-refractivity contribution in [2.75, 3.05) is 5.32 Å². The number of anilines is 1. The van der Waals surface area contributed by atoms with Crippen LogP contribution in [0.3, 0.4) is 0 Å². The summed E-state index contributed by atoms with van der Waals surface area (Å²) in [5.74, 6) is -0.152. The topological polar surface area (TPSA) is 42.0 Å². The number of nitrogens with zero attached hydrogens (tertiary/aromatic N) is 1. The van der Waals surface area contributed by atoms with Gasteiger partial charge in [0.2, 0.25) is 0 Å². The van der Waals surface area contributed by atoms with Gasteiger partial charge in [-0.05, 0) is 34.1 Å². The fourth-order valence-electron chi connectivity index (χ4n) is 1.28. The lowest BCUT2D eigenvalue weighted by atomic mass is 10.2. The first kappa shape index (κ1) is 10.8. The number of amides is 1. The average molecular weight is 277 g/mol. The molecule has 1 heterocycles. The van der Waals surface area contributed by atoms with E-state index in [1.807, 2.05) is 30.3 Å². The molecule has 0 aliphatic carbocycles. The molecule has 0 saturated heterocycles. The zero-order valence-corrected chi connectivity index (χ0v) is 9.94. The standard InChI is InChI=1S/C12H9BrN2O/c13-11-8-14-7-6-10(11)12(16)15-9-4-2-1-3-5-9/h1-8H,(H,15,16). The van der Waals surface area contributed by atoms with E-state index in [-0.39, 0.29) is 5.91 Å². The molecule has 0 fully saturated rings. The molecule has 0 unspecified atom stereocenters. The van der Waals surface area contributed by atoms with Gasteiger partial charge in [0.15, 0.2) is 0 Å². The number of halogens is 1. The molecule has 3 nitrogen and oxygen atoms in total. The Balaban J connectivity index is 2.19. The van der Waals surface area contributed by atoms with Gasteiger partial charge >= 0.3 is 0 Å². The molecule has 80 valence electrons. The van der Waals surface area contributed by atoms with Crippen LogP contribution in [0.4, 0.5) is 5.69 Å². The van der Waals surface area contributed by atoms with E-state index < -0.39 is 0 Å². The summed E-state index contributed by atoms with van der Waals surface area (Å²) >= 11 is 3.29. The number of carbonyl (C=O) groups is 1. The van der Waals surface area contributed by atoms with Crippen LogP contribution in [-0.4, -0.2) is 10.9 Å². The summed E-state index contributed by atoms with van der Waals surface area (Å²) in [6.45, 7) is 0. The molecule has 0 atom stereocenters. The number of rotatable bonds is 2. The molecular formula is C12H9BrN2O. The SMILES string of the molecule is O=C(Nc1ccccc1)c1ccncc1Br. The van der Waals surface area contributed by atoms with Gasteiger partial charge in [0.1, 0.15) is 0 Å². The van der Waals surface area contributed by atoms with Crippen LogP contribution in [0.25, 0.3) is 0 Å². The number of pyridine rings is 1. The van der Waals surface area contributed by atoms with Gasteiger partial charge in [-0.15, -0.1) is 0 Å². The Morgan fingerprint density at radius 3 is 2.62 bits per heavy atom. The zero-order valence-electron chi connectivity index (χ0n) is 8.35. The van der Waals surface area contributed by atoms with E-state index in [4.69, 9.17) is 0 Å². The number of para-hydroxylation sites is 1. The summed E-state index contributed by atoms with van der Waals surface area (Å²) in [7, 11) is 0. The summed E-state index contributed by atoms with van der Waals surface area (Å²) < 4.78 is 0.684. The summed E-state index contributed by atoms with van der Waals surface area (Å²) in [4.78, 5) is 15.8. The highest BCUT2D eigenvalue weighted by atomic mass is 79.9. The van der Waals surface area contributed by atoms with Crippen molar-refractivity contribution in [3.05, 3.63) is 58.8 Å². The first-order chi connectivity index (χ1) is 7.77. The van der Waals surface area contributed by atoms with Crippen LogP contribution in [-0.2, 0) is 0 Å². The van der Waals surface area contributed by atoms with Crippen molar-refractivity contribution in [1.29, 1.82) is 0 Å². The molecule has 0 aliphatic rings. The van der Waals surface area contributed by atoms with E-state index in [1.165, 1.54) is 0 Å².